The van der Waals surface area contributed by atoms with Crippen molar-refractivity contribution in [1.29, 1.82) is 0 Å². The molecule has 13 heteroatoms. The fourth-order valence-corrected chi connectivity index (χ4v) is 8.41. The Kier molecular flexibility index (Phi) is 7.72. The Hall–Kier alpha value is -2.51. The summed E-state index contributed by atoms with van der Waals surface area (Å²) in [5.74, 6) is 0.160. The van der Waals surface area contributed by atoms with Crippen molar-refractivity contribution >= 4 is 43.6 Å². The van der Waals surface area contributed by atoms with Gasteiger partial charge in [-0.1, -0.05) is 13.8 Å². The summed E-state index contributed by atoms with van der Waals surface area (Å²) in [5.41, 5.74) is -0.542. The minimum absolute atomic E-state index is 0.00569. The Bertz CT molecular complexity index is 1300. The van der Waals surface area contributed by atoms with Crippen molar-refractivity contribution in [2.45, 2.75) is 45.6 Å². The predicted octanol–water partition coefficient (Wildman–Crippen LogP) is 1.73. The molecule has 2 aliphatic heterocycles. The molecule has 2 aromatic rings. The lowest BCUT2D eigenvalue weighted by Gasteiger charge is -2.34. The number of carbonyl (C=O) groups is 2. The Morgan fingerprint density at radius 2 is 1.72 bits per heavy atom. The number of nitrogens with zero attached hydrogens (tertiary/aromatic N) is 5. The molecular formula is C23H33N5O6S2. The Labute approximate surface area is 214 Å². The first-order valence-corrected chi connectivity index (χ1v) is 14.5. The number of aromatic nitrogens is 2. The first-order valence-electron chi connectivity index (χ1n) is 12.2. The number of rotatable bonds is 5. The summed E-state index contributed by atoms with van der Waals surface area (Å²) < 4.78 is 35.0. The second-order valence-electron chi connectivity index (χ2n) is 9.68. The van der Waals surface area contributed by atoms with Crippen LogP contribution >= 0.6 is 11.3 Å². The zero-order valence-corrected chi connectivity index (χ0v) is 22.7. The zero-order valence-electron chi connectivity index (χ0n) is 21.1. The molecule has 2 amide bonds. The van der Waals surface area contributed by atoms with Crippen LogP contribution in [0.1, 0.15) is 32.1 Å². The van der Waals surface area contributed by atoms with E-state index in [0.717, 1.165) is 6.42 Å². The highest BCUT2D eigenvalue weighted by Crippen LogP contribution is 2.35. The molecule has 0 saturated carbocycles. The highest BCUT2D eigenvalue weighted by atomic mass is 32.2. The van der Waals surface area contributed by atoms with Gasteiger partial charge in [-0.2, -0.15) is 4.31 Å². The molecule has 0 bridgehead atoms. The maximum absolute atomic E-state index is 13.7. The van der Waals surface area contributed by atoms with E-state index in [-0.39, 0.29) is 41.2 Å². The van der Waals surface area contributed by atoms with Gasteiger partial charge in [0.15, 0.2) is 0 Å². The van der Waals surface area contributed by atoms with Gasteiger partial charge in [0.2, 0.25) is 15.9 Å². The summed E-state index contributed by atoms with van der Waals surface area (Å²) >= 11 is 1.17. The molecule has 2 fully saturated rings. The topological polar surface area (TPSA) is 122 Å². The fourth-order valence-electron chi connectivity index (χ4n) is 5.07. The largest absolute Gasteiger partial charge is 0.450 e. The Balaban J connectivity index is 1.58. The molecule has 0 aromatic carbocycles. The lowest BCUT2D eigenvalue weighted by molar-refractivity contribution is -0.133. The summed E-state index contributed by atoms with van der Waals surface area (Å²) in [6, 6.07) is 0. The van der Waals surface area contributed by atoms with Gasteiger partial charge in [-0.05, 0) is 32.1 Å². The molecule has 2 unspecified atom stereocenters. The summed E-state index contributed by atoms with van der Waals surface area (Å²) in [7, 11) is -3.90. The molecule has 2 aromatic heterocycles. The van der Waals surface area contributed by atoms with Crippen molar-refractivity contribution in [3.8, 4) is 0 Å². The number of carbonyl (C=O) groups excluding carboxylic acids is 2. The van der Waals surface area contributed by atoms with Gasteiger partial charge in [-0.15, -0.1) is 11.3 Å². The number of hydrogen-bond donors (Lipinski definition) is 0. The number of piperidine rings is 1. The van der Waals surface area contributed by atoms with Gasteiger partial charge < -0.3 is 14.5 Å². The van der Waals surface area contributed by atoms with Crippen molar-refractivity contribution in [3.05, 3.63) is 21.6 Å². The molecule has 2 atom stereocenters. The van der Waals surface area contributed by atoms with Crippen LogP contribution < -0.4 is 5.56 Å². The monoisotopic (exact) mass is 539 g/mol. The summed E-state index contributed by atoms with van der Waals surface area (Å²) in [6.07, 6.45) is 1.85. The first kappa shape index (κ1) is 26.6. The third kappa shape index (κ3) is 5.14. The van der Waals surface area contributed by atoms with Crippen LogP contribution in [0.4, 0.5) is 4.79 Å². The number of amides is 2. The number of ether oxygens (including phenoxy) is 1. The number of thiophene rings is 1. The minimum Gasteiger partial charge on any atom is -0.450 e. The second kappa shape index (κ2) is 10.5. The molecule has 4 rings (SSSR count). The van der Waals surface area contributed by atoms with Gasteiger partial charge in [-0.3, -0.25) is 14.2 Å². The third-order valence-corrected chi connectivity index (χ3v) is 9.84. The van der Waals surface area contributed by atoms with Crippen molar-refractivity contribution in [2.75, 3.05) is 45.9 Å². The molecule has 0 radical (unpaired) electrons. The quantitative estimate of drug-likeness (QED) is 0.567. The molecule has 198 valence electrons. The Morgan fingerprint density at radius 1 is 1.11 bits per heavy atom. The molecule has 2 aliphatic rings. The lowest BCUT2D eigenvalue weighted by Crippen LogP contribution is -2.51. The van der Waals surface area contributed by atoms with Crippen molar-refractivity contribution in [2.24, 2.45) is 11.8 Å². The van der Waals surface area contributed by atoms with Gasteiger partial charge >= 0.3 is 6.09 Å². The second-order valence-corrected chi connectivity index (χ2v) is 12.8. The van der Waals surface area contributed by atoms with E-state index >= 15 is 0 Å². The van der Waals surface area contributed by atoms with Crippen LogP contribution in [0, 0.1) is 18.8 Å². The maximum atomic E-state index is 13.7. The predicted molar refractivity (Wildman–Crippen MR) is 135 cm³/mol. The Morgan fingerprint density at radius 3 is 2.33 bits per heavy atom. The van der Waals surface area contributed by atoms with Gasteiger partial charge in [-0.25, -0.2) is 18.2 Å². The zero-order chi connectivity index (χ0) is 26.2. The molecule has 4 heterocycles. The average Bonchev–Trinajstić information content (AvgIpc) is 3.18. The van der Waals surface area contributed by atoms with Crippen LogP contribution in [0.2, 0.25) is 0 Å². The minimum atomic E-state index is -3.90. The summed E-state index contributed by atoms with van der Waals surface area (Å²) in [5, 5.41) is 0.0470. The highest BCUT2D eigenvalue weighted by Gasteiger charge is 2.36. The summed E-state index contributed by atoms with van der Waals surface area (Å²) in [6.45, 7) is 9.67. The van der Waals surface area contributed by atoms with E-state index in [1.54, 1.807) is 23.6 Å². The number of aryl methyl sites for hydroxylation is 1. The molecule has 0 aliphatic carbocycles. The van der Waals surface area contributed by atoms with Crippen LogP contribution in [0.15, 0.2) is 16.0 Å². The normalized spacial score (nSPS) is 21.7. The smallest absolute Gasteiger partial charge is 0.409 e. The SMILES string of the molecule is CCOC(=O)N1CCN(C(=O)Cn2cnc3sc(C)c(S(=O)(=O)N4CC(C)CC(C)C4)c3c2=O)CC1. The third-order valence-electron chi connectivity index (χ3n) is 6.70. The first-order chi connectivity index (χ1) is 17.0. The van der Waals surface area contributed by atoms with Gasteiger partial charge in [0.25, 0.3) is 5.56 Å². The van der Waals surface area contributed by atoms with E-state index in [0.29, 0.717) is 49.0 Å². The van der Waals surface area contributed by atoms with Crippen LogP contribution in [-0.4, -0.2) is 89.9 Å². The van der Waals surface area contributed by atoms with E-state index in [4.69, 9.17) is 4.74 Å². The standard InChI is InChI=1S/C23H33N5O6S2/c1-5-34-23(31)26-8-6-25(7-9-26)18(29)13-27-14-24-21-19(22(27)30)20(17(4)35-21)36(32,33)28-11-15(2)10-16(3)12-28/h14-16H,5-13H2,1-4H3. The highest BCUT2D eigenvalue weighted by molar-refractivity contribution is 7.89. The molecule has 0 spiro atoms. The molecular weight excluding hydrogens is 506 g/mol. The molecule has 36 heavy (non-hydrogen) atoms. The number of sulfonamides is 1. The number of piperazine rings is 1. The van der Waals surface area contributed by atoms with E-state index < -0.39 is 21.7 Å². The van der Waals surface area contributed by atoms with Gasteiger partial charge in [0, 0.05) is 44.1 Å². The number of hydrogen-bond acceptors (Lipinski definition) is 8. The van der Waals surface area contributed by atoms with Crippen molar-refractivity contribution < 1.29 is 22.7 Å². The van der Waals surface area contributed by atoms with E-state index in [2.05, 4.69) is 4.98 Å². The fraction of sp³-hybridized carbons (Fsp3) is 0.652. The molecule has 0 N–H and O–H groups in total. The maximum Gasteiger partial charge on any atom is 0.409 e. The van der Waals surface area contributed by atoms with Crippen LogP contribution in [0.5, 0.6) is 0 Å². The van der Waals surface area contributed by atoms with E-state index in [1.165, 1.54) is 26.5 Å². The van der Waals surface area contributed by atoms with Crippen molar-refractivity contribution in [1.82, 2.24) is 23.7 Å². The van der Waals surface area contributed by atoms with Gasteiger partial charge in [0.05, 0.1) is 18.3 Å². The van der Waals surface area contributed by atoms with Crippen LogP contribution in [0.3, 0.4) is 0 Å². The lowest BCUT2D eigenvalue weighted by atomic mass is 9.94. The van der Waals surface area contributed by atoms with Gasteiger partial charge in [0.1, 0.15) is 16.3 Å². The van der Waals surface area contributed by atoms with E-state index in [1.807, 2.05) is 13.8 Å². The van der Waals surface area contributed by atoms with Crippen molar-refractivity contribution in [3.63, 3.8) is 0 Å². The summed E-state index contributed by atoms with van der Waals surface area (Å²) in [4.78, 5) is 46.6. The average molecular weight is 540 g/mol. The van der Waals surface area contributed by atoms with Crippen LogP contribution in [-0.2, 0) is 26.1 Å². The molecule has 11 nitrogen and oxygen atoms in total. The number of fused-ring (bicyclic) bond motifs is 1. The molecule has 2 saturated heterocycles. The van der Waals surface area contributed by atoms with E-state index in [9.17, 15) is 22.8 Å². The van der Waals surface area contributed by atoms with Crippen LogP contribution in [0.25, 0.3) is 10.2 Å².